The van der Waals surface area contributed by atoms with Crippen LogP contribution in [0.2, 0.25) is 0 Å². The fourth-order valence-electron chi connectivity index (χ4n) is 2.52. The molecule has 0 fully saturated rings. The summed E-state index contributed by atoms with van der Waals surface area (Å²) in [6, 6.07) is 17.6. The number of ether oxygens (including phenoxy) is 1. The SMILES string of the molecule is CCCCOC(=O)NC(C#Cc1ccccc1)c1ccc(C(C)(C)C)cc1. The van der Waals surface area contributed by atoms with Crippen LogP contribution in [-0.4, -0.2) is 12.7 Å². The van der Waals surface area contributed by atoms with E-state index in [1.54, 1.807) is 0 Å². The van der Waals surface area contributed by atoms with Gasteiger partial charge < -0.3 is 10.1 Å². The molecule has 0 heterocycles. The highest BCUT2D eigenvalue weighted by molar-refractivity contribution is 5.68. The molecule has 3 nitrogen and oxygen atoms in total. The van der Waals surface area contributed by atoms with Crippen molar-refractivity contribution in [2.45, 2.75) is 52.0 Å². The lowest BCUT2D eigenvalue weighted by Crippen LogP contribution is -2.28. The van der Waals surface area contributed by atoms with E-state index in [2.05, 4.69) is 57.0 Å². The van der Waals surface area contributed by atoms with Crippen LogP contribution in [0.4, 0.5) is 4.79 Å². The van der Waals surface area contributed by atoms with Crippen LogP contribution in [0.15, 0.2) is 54.6 Å². The van der Waals surface area contributed by atoms with Gasteiger partial charge in [0.05, 0.1) is 6.61 Å². The first-order valence-corrected chi connectivity index (χ1v) is 9.50. The first kappa shape index (κ1) is 20.6. The molecule has 0 radical (unpaired) electrons. The summed E-state index contributed by atoms with van der Waals surface area (Å²) in [4.78, 5) is 12.1. The van der Waals surface area contributed by atoms with E-state index >= 15 is 0 Å². The summed E-state index contributed by atoms with van der Waals surface area (Å²) in [5.74, 6) is 6.31. The highest BCUT2D eigenvalue weighted by Gasteiger charge is 2.16. The van der Waals surface area contributed by atoms with E-state index in [9.17, 15) is 4.79 Å². The van der Waals surface area contributed by atoms with Crippen molar-refractivity contribution in [3.63, 3.8) is 0 Å². The van der Waals surface area contributed by atoms with Crippen LogP contribution >= 0.6 is 0 Å². The van der Waals surface area contributed by atoms with Gasteiger partial charge in [-0.15, -0.1) is 0 Å². The number of rotatable bonds is 5. The Hall–Kier alpha value is -2.73. The summed E-state index contributed by atoms with van der Waals surface area (Å²) in [7, 11) is 0. The maximum Gasteiger partial charge on any atom is 0.408 e. The van der Waals surface area contributed by atoms with Crippen molar-refractivity contribution in [1.29, 1.82) is 0 Å². The number of benzene rings is 2. The fourth-order valence-corrected chi connectivity index (χ4v) is 2.52. The zero-order chi connectivity index (χ0) is 19.7. The minimum Gasteiger partial charge on any atom is -0.450 e. The molecule has 27 heavy (non-hydrogen) atoms. The fraction of sp³-hybridized carbons (Fsp3) is 0.375. The smallest absolute Gasteiger partial charge is 0.408 e. The van der Waals surface area contributed by atoms with Gasteiger partial charge in [0.1, 0.15) is 6.04 Å². The van der Waals surface area contributed by atoms with Crippen LogP contribution in [0.1, 0.15) is 63.3 Å². The Morgan fingerprint density at radius 2 is 1.74 bits per heavy atom. The van der Waals surface area contributed by atoms with Crippen LogP contribution in [0.5, 0.6) is 0 Å². The van der Waals surface area contributed by atoms with Gasteiger partial charge in [-0.25, -0.2) is 4.79 Å². The number of carbonyl (C=O) groups is 1. The molecular weight excluding hydrogens is 334 g/mol. The number of hydrogen-bond acceptors (Lipinski definition) is 2. The normalized spacial score (nSPS) is 11.9. The summed E-state index contributed by atoms with van der Waals surface area (Å²) >= 11 is 0. The van der Waals surface area contributed by atoms with Crippen LogP contribution in [0.3, 0.4) is 0 Å². The molecule has 0 aliphatic carbocycles. The Bertz CT molecular complexity index is 777. The number of carbonyl (C=O) groups excluding carboxylic acids is 1. The van der Waals surface area contributed by atoms with Crippen LogP contribution in [-0.2, 0) is 10.2 Å². The Labute approximate surface area is 163 Å². The van der Waals surface area contributed by atoms with Gasteiger partial charge in [-0.05, 0) is 35.1 Å². The second-order valence-corrected chi connectivity index (χ2v) is 7.57. The number of nitrogens with one attached hydrogen (secondary N) is 1. The molecule has 142 valence electrons. The first-order valence-electron chi connectivity index (χ1n) is 9.50. The van der Waals surface area contributed by atoms with Crippen molar-refractivity contribution in [3.8, 4) is 11.8 Å². The van der Waals surface area contributed by atoms with E-state index in [1.165, 1.54) is 5.56 Å². The van der Waals surface area contributed by atoms with E-state index < -0.39 is 12.1 Å². The summed E-state index contributed by atoms with van der Waals surface area (Å²) in [5, 5.41) is 2.89. The molecule has 2 aromatic rings. The van der Waals surface area contributed by atoms with Crippen LogP contribution in [0.25, 0.3) is 0 Å². The second kappa shape index (κ2) is 9.83. The van der Waals surface area contributed by atoms with Gasteiger partial charge in [0.15, 0.2) is 0 Å². The Morgan fingerprint density at radius 1 is 1.07 bits per heavy atom. The van der Waals surface area contributed by atoms with Gasteiger partial charge in [-0.1, -0.05) is 88.4 Å². The minimum atomic E-state index is -0.435. The van der Waals surface area contributed by atoms with Crippen molar-refractivity contribution in [3.05, 3.63) is 71.3 Å². The lowest BCUT2D eigenvalue weighted by atomic mass is 9.86. The lowest BCUT2D eigenvalue weighted by molar-refractivity contribution is 0.142. The third kappa shape index (κ3) is 6.83. The number of unbranched alkanes of at least 4 members (excludes halogenated alkanes) is 1. The van der Waals surface area contributed by atoms with E-state index in [4.69, 9.17) is 4.74 Å². The largest absolute Gasteiger partial charge is 0.450 e. The molecule has 3 heteroatoms. The quantitative estimate of drug-likeness (QED) is 0.554. The number of hydrogen-bond donors (Lipinski definition) is 1. The van der Waals surface area contributed by atoms with Gasteiger partial charge in [-0.3, -0.25) is 0 Å². The highest BCUT2D eigenvalue weighted by Crippen LogP contribution is 2.24. The molecule has 1 atom stereocenters. The van der Waals surface area contributed by atoms with Crippen molar-refractivity contribution in [2.24, 2.45) is 0 Å². The average molecular weight is 364 g/mol. The molecule has 0 aliphatic rings. The third-order valence-corrected chi connectivity index (χ3v) is 4.24. The molecular formula is C24H29NO2. The minimum absolute atomic E-state index is 0.0796. The molecule has 2 aromatic carbocycles. The molecule has 0 bridgehead atoms. The first-order chi connectivity index (χ1) is 12.9. The molecule has 1 N–H and O–H groups in total. The van der Waals surface area contributed by atoms with E-state index in [0.29, 0.717) is 6.61 Å². The Kier molecular flexibility index (Phi) is 7.49. The maximum atomic E-state index is 12.1. The third-order valence-electron chi connectivity index (χ3n) is 4.24. The van der Waals surface area contributed by atoms with Gasteiger partial charge in [-0.2, -0.15) is 0 Å². The van der Waals surface area contributed by atoms with Crippen LogP contribution < -0.4 is 5.32 Å². The van der Waals surface area contributed by atoms with Crippen molar-refractivity contribution in [2.75, 3.05) is 6.61 Å². The summed E-state index contributed by atoms with van der Waals surface area (Å²) in [5.41, 5.74) is 3.18. The molecule has 0 aromatic heterocycles. The average Bonchev–Trinajstić information content (AvgIpc) is 2.65. The van der Waals surface area contributed by atoms with Gasteiger partial charge >= 0.3 is 6.09 Å². The number of alkyl carbamates (subject to hydrolysis) is 1. The second-order valence-electron chi connectivity index (χ2n) is 7.57. The summed E-state index contributed by atoms with van der Waals surface area (Å²) < 4.78 is 5.25. The molecule has 0 aliphatic heterocycles. The van der Waals surface area contributed by atoms with Crippen molar-refractivity contribution in [1.82, 2.24) is 5.32 Å². The Balaban J connectivity index is 2.21. The van der Waals surface area contributed by atoms with Crippen LogP contribution in [0, 0.1) is 11.8 Å². The molecule has 1 unspecified atom stereocenters. The molecule has 0 saturated carbocycles. The van der Waals surface area contributed by atoms with E-state index in [1.807, 2.05) is 42.5 Å². The summed E-state index contributed by atoms with van der Waals surface area (Å²) in [6.07, 6.45) is 1.41. The van der Waals surface area contributed by atoms with E-state index in [-0.39, 0.29) is 5.41 Å². The zero-order valence-electron chi connectivity index (χ0n) is 16.7. The van der Waals surface area contributed by atoms with Gasteiger partial charge in [0.2, 0.25) is 0 Å². The van der Waals surface area contributed by atoms with E-state index in [0.717, 1.165) is 24.0 Å². The van der Waals surface area contributed by atoms with Crippen molar-refractivity contribution >= 4 is 6.09 Å². The summed E-state index contributed by atoms with van der Waals surface area (Å²) in [6.45, 7) is 9.02. The predicted octanol–water partition coefficient (Wildman–Crippen LogP) is 5.60. The molecule has 0 spiro atoms. The highest BCUT2D eigenvalue weighted by atomic mass is 16.5. The predicted molar refractivity (Wildman–Crippen MR) is 111 cm³/mol. The number of amides is 1. The Morgan fingerprint density at radius 3 is 2.33 bits per heavy atom. The molecule has 2 rings (SSSR count). The topological polar surface area (TPSA) is 38.3 Å². The van der Waals surface area contributed by atoms with Gasteiger partial charge in [0.25, 0.3) is 0 Å². The van der Waals surface area contributed by atoms with Crippen molar-refractivity contribution < 1.29 is 9.53 Å². The molecule has 1 amide bonds. The molecule has 0 saturated heterocycles. The monoisotopic (exact) mass is 363 g/mol. The van der Waals surface area contributed by atoms with Gasteiger partial charge in [0, 0.05) is 5.56 Å². The lowest BCUT2D eigenvalue weighted by Gasteiger charge is -2.20. The maximum absolute atomic E-state index is 12.1. The standard InChI is InChI=1S/C24H29NO2/c1-5-6-18-27-23(26)25-22(17-12-19-10-8-7-9-11-19)20-13-15-21(16-14-20)24(2,3)4/h7-11,13-16,22H,5-6,18H2,1-4H3,(H,25,26). The zero-order valence-corrected chi connectivity index (χ0v) is 16.7.